The summed E-state index contributed by atoms with van der Waals surface area (Å²) in [7, 11) is 0. The fraction of sp³-hybridized carbons (Fsp3) is 0.667. The molecule has 0 radical (unpaired) electrons. The quantitative estimate of drug-likeness (QED) is 0.785. The number of halogens is 2. The molecule has 4 heteroatoms. The van der Waals surface area contributed by atoms with E-state index < -0.39 is 6.43 Å². The Morgan fingerprint density at radius 3 is 2.31 bits per heavy atom. The zero-order valence-corrected chi connectivity index (χ0v) is 9.58. The standard InChI is InChI=1S/C12H16F2N2/c1-12(2,5-8-3-4-8)9-6-15-11(10(13)14)16-7-9/h6-8,10H,3-5H2,1-2H3. The van der Waals surface area contributed by atoms with Gasteiger partial charge in [-0.3, -0.25) is 0 Å². The van der Waals surface area contributed by atoms with E-state index in [0.717, 1.165) is 17.9 Å². The van der Waals surface area contributed by atoms with Crippen LogP contribution in [0.4, 0.5) is 8.78 Å². The predicted octanol–water partition coefficient (Wildman–Crippen LogP) is 3.49. The number of aromatic nitrogens is 2. The third-order valence-corrected chi connectivity index (χ3v) is 3.14. The zero-order valence-electron chi connectivity index (χ0n) is 9.58. The maximum Gasteiger partial charge on any atom is 0.297 e. The van der Waals surface area contributed by atoms with Crippen LogP contribution in [0.15, 0.2) is 12.4 Å². The summed E-state index contributed by atoms with van der Waals surface area (Å²) in [5, 5.41) is 0. The summed E-state index contributed by atoms with van der Waals surface area (Å²) >= 11 is 0. The third kappa shape index (κ3) is 2.54. The van der Waals surface area contributed by atoms with Crippen molar-refractivity contribution >= 4 is 0 Å². The van der Waals surface area contributed by atoms with Crippen LogP contribution in [0.2, 0.25) is 0 Å². The van der Waals surface area contributed by atoms with Crippen LogP contribution < -0.4 is 0 Å². The molecule has 2 rings (SSSR count). The Labute approximate surface area is 94.1 Å². The van der Waals surface area contributed by atoms with Crippen molar-refractivity contribution < 1.29 is 8.78 Å². The molecule has 1 aromatic heterocycles. The molecule has 0 N–H and O–H groups in total. The van der Waals surface area contributed by atoms with Gasteiger partial charge in [-0.25, -0.2) is 18.7 Å². The highest BCUT2D eigenvalue weighted by Gasteiger charge is 2.31. The second kappa shape index (κ2) is 4.07. The minimum absolute atomic E-state index is 0.0121. The SMILES string of the molecule is CC(C)(CC1CC1)c1cnc(C(F)F)nc1. The minimum Gasteiger partial charge on any atom is -0.236 e. The lowest BCUT2D eigenvalue weighted by Gasteiger charge is -2.24. The summed E-state index contributed by atoms with van der Waals surface area (Å²) in [5.41, 5.74) is 0.936. The van der Waals surface area contributed by atoms with Crippen LogP contribution in [0.3, 0.4) is 0 Å². The summed E-state index contributed by atoms with van der Waals surface area (Å²) in [6, 6.07) is 0. The first-order valence-corrected chi connectivity index (χ1v) is 5.59. The van der Waals surface area contributed by atoms with Crippen molar-refractivity contribution in [1.82, 2.24) is 9.97 Å². The van der Waals surface area contributed by atoms with E-state index in [1.165, 1.54) is 25.2 Å². The first-order valence-electron chi connectivity index (χ1n) is 5.59. The van der Waals surface area contributed by atoms with Crippen LogP contribution in [0.1, 0.15) is 50.9 Å². The molecule has 1 aromatic rings. The third-order valence-electron chi connectivity index (χ3n) is 3.14. The van der Waals surface area contributed by atoms with Crippen molar-refractivity contribution in [2.75, 3.05) is 0 Å². The van der Waals surface area contributed by atoms with Gasteiger partial charge in [-0.2, -0.15) is 0 Å². The average molecular weight is 226 g/mol. The van der Waals surface area contributed by atoms with Crippen molar-refractivity contribution in [3.8, 4) is 0 Å². The van der Waals surface area contributed by atoms with E-state index in [0.29, 0.717) is 0 Å². The maximum atomic E-state index is 12.3. The number of hydrogen-bond acceptors (Lipinski definition) is 2. The molecule has 16 heavy (non-hydrogen) atoms. The molecule has 1 saturated carbocycles. The summed E-state index contributed by atoms with van der Waals surface area (Å²) in [5.74, 6) is 0.413. The Bertz CT molecular complexity index is 356. The van der Waals surface area contributed by atoms with Crippen molar-refractivity contribution in [2.24, 2.45) is 5.92 Å². The average Bonchev–Trinajstić information content (AvgIpc) is 3.01. The van der Waals surface area contributed by atoms with Crippen LogP contribution in [0.5, 0.6) is 0 Å². The van der Waals surface area contributed by atoms with Gasteiger partial charge in [-0.1, -0.05) is 26.7 Å². The normalized spacial score (nSPS) is 16.8. The van der Waals surface area contributed by atoms with Gasteiger partial charge >= 0.3 is 0 Å². The highest BCUT2D eigenvalue weighted by molar-refractivity contribution is 5.18. The topological polar surface area (TPSA) is 25.8 Å². The van der Waals surface area contributed by atoms with Crippen LogP contribution in [-0.2, 0) is 5.41 Å². The van der Waals surface area contributed by atoms with Gasteiger partial charge in [-0.15, -0.1) is 0 Å². The lowest BCUT2D eigenvalue weighted by molar-refractivity contribution is 0.140. The van der Waals surface area contributed by atoms with Gasteiger partial charge in [0.2, 0.25) is 0 Å². The molecule has 0 unspecified atom stereocenters. The Balaban J connectivity index is 2.12. The van der Waals surface area contributed by atoms with E-state index in [1.54, 1.807) is 0 Å². The van der Waals surface area contributed by atoms with Gasteiger partial charge in [0.15, 0.2) is 5.82 Å². The Morgan fingerprint density at radius 2 is 1.88 bits per heavy atom. The summed E-state index contributed by atoms with van der Waals surface area (Å²) in [4.78, 5) is 7.42. The van der Waals surface area contributed by atoms with Crippen molar-refractivity contribution in [2.45, 2.75) is 45.0 Å². The minimum atomic E-state index is -2.58. The van der Waals surface area contributed by atoms with Crippen molar-refractivity contribution in [3.63, 3.8) is 0 Å². The van der Waals surface area contributed by atoms with Gasteiger partial charge < -0.3 is 0 Å². The second-order valence-corrected chi connectivity index (χ2v) is 5.16. The molecule has 0 aliphatic heterocycles. The van der Waals surface area contributed by atoms with Crippen LogP contribution in [0.25, 0.3) is 0 Å². The number of hydrogen-bond donors (Lipinski definition) is 0. The maximum absolute atomic E-state index is 12.3. The highest BCUT2D eigenvalue weighted by Crippen LogP contribution is 2.41. The van der Waals surface area contributed by atoms with E-state index in [9.17, 15) is 8.78 Å². The fourth-order valence-electron chi connectivity index (χ4n) is 1.96. The van der Waals surface area contributed by atoms with E-state index in [-0.39, 0.29) is 11.2 Å². The monoisotopic (exact) mass is 226 g/mol. The molecule has 0 aromatic carbocycles. The Kier molecular flexibility index (Phi) is 2.91. The molecule has 88 valence electrons. The number of nitrogens with zero attached hydrogens (tertiary/aromatic N) is 2. The van der Waals surface area contributed by atoms with Crippen LogP contribution >= 0.6 is 0 Å². The molecule has 0 atom stereocenters. The smallest absolute Gasteiger partial charge is 0.236 e. The summed E-state index contributed by atoms with van der Waals surface area (Å²) < 4.78 is 24.6. The van der Waals surface area contributed by atoms with Crippen molar-refractivity contribution in [1.29, 1.82) is 0 Å². The molecule has 2 nitrogen and oxygen atoms in total. The number of alkyl halides is 2. The first kappa shape index (κ1) is 11.4. The molecule has 0 spiro atoms. The summed E-state index contributed by atoms with van der Waals surface area (Å²) in [6.45, 7) is 4.23. The lowest BCUT2D eigenvalue weighted by Crippen LogP contribution is -2.19. The fourth-order valence-corrected chi connectivity index (χ4v) is 1.96. The molecular formula is C12H16F2N2. The largest absolute Gasteiger partial charge is 0.297 e. The molecule has 0 saturated heterocycles. The molecule has 1 aliphatic rings. The summed E-state index contributed by atoms with van der Waals surface area (Å²) in [6.07, 6.45) is 4.16. The molecule has 0 bridgehead atoms. The van der Waals surface area contributed by atoms with Crippen LogP contribution in [0, 0.1) is 5.92 Å². The molecule has 1 fully saturated rings. The van der Waals surface area contributed by atoms with Gasteiger partial charge in [0.25, 0.3) is 6.43 Å². The first-order chi connectivity index (χ1) is 7.49. The Hall–Kier alpha value is -1.06. The van der Waals surface area contributed by atoms with E-state index in [1.807, 2.05) is 0 Å². The Morgan fingerprint density at radius 1 is 1.31 bits per heavy atom. The molecule has 1 aliphatic carbocycles. The molecule has 0 amide bonds. The van der Waals surface area contributed by atoms with Crippen molar-refractivity contribution in [3.05, 3.63) is 23.8 Å². The highest BCUT2D eigenvalue weighted by atomic mass is 19.3. The zero-order chi connectivity index (χ0) is 11.8. The van der Waals surface area contributed by atoms with E-state index in [4.69, 9.17) is 0 Å². The molecular weight excluding hydrogens is 210 g/mol. The lowest BCUT2D eigenvalue weighted by atomic mass is 9.81. The van der Waals surface area contributed by atoms with E-state index in [2.05, 4.69) is 23.8 Å². The van der Waals surface area contributed by atoms with Gasteiger partial charge in [0.05, 0.1) is 0 Å². The number of rotatable bonds is 4. The van der Waals surface area contributed by atoms with Gasteiger partial charge in [-0.05, 0) is 23.3 Å². The van der Waals surface area contributed by atoms with E-state index >= 15 is 0 Å². The molecule has 1 heterocycles. The predicted molar refractivity (Wildman–Crippen MR) is 57.4 cm³/mol. The van der Waals surface area contributed by atoms with Crippen LogP contribution in [-0.4, -0.2) is 9.97 Å². The second-order valence-electron chi connectivity index (χ2n) is 5.16. The van der Waals surface area contributed by atoms with Gasteiger partial charge in [0.1, 0.15) is 0 Å². The van der Waals surface area contributed by atoms with Gasteiger partial charge in [0, 0.05) is 12.4 Å².